The highest BCUT2D eigenvalue weighted by molar-refractivity contribution is 5.58. The SMILES string of the molecule is COc1ccc([C@H]2C(C#N)=C(N)Oc3n[nH]c(C(C)(C)C)c32)cc1OC. The molecule has 1 aromatic heterocycles. The lowest BCUT2D eigenvalue weighted by molar-refractivity contribution is 0.354. The molecule has 0 fully saturated rings. The summed E-state index contributed by atoms with van der Waals surface area (Å²) in [5.74, 6) is 1.24. The maximum Gasteiger partial charge on any atom is 0.244 e. The van der Waals surface area contributed by atoms with Crippen LogP contribution >= 0.6 is 0 Å². The Morgan fingerprint density at radius 3 is 2.50 bits per heavy atom. The molecular weight excluding hydrogens is 332 g/mol. The van der Waals surface area contributed by atoms with Gasteiger partial charge in [0, 0.05) is 11.1 Å². The van der Waals surface area contributed by atoms with Crippen molar-refractivity contribution in [2.24, 2.45) is 5.73 Å². The number of rotatable bonds is 3. The minimum atomic E-state index is -0.406. The number of benzene rings is 1. The quantitative estimate of drug-likeness (QED) is 0.878. The number of nitriles is 1. The van der Waals surface area contributed by atoms with E-state index >= 15 is 0 Å². The third-order valence-electron chi connectivity index (χ3n) is 4.43. The van der Waals surface area contributed by atoms with Crippen LogP contribution in [0.15, 0.2) is 29.7 Å². The zero-order valence-electron chi connectivity index (χ0n) is 15.5. The van der Waals surface area contributed by atoms with Crippen molar-refractivity contribution < 1.29 is 14.2 Å². The van der Waals surface area contributed by atoms with Gasteiger partial charge in [-0.3, -0.25) is 5.10 Å². The Morgan fingerprint density at radius 1 is 1.23 bits per heavy atom. The van der Waals surface area contributed by atoms with Crippen LogP contribution in [0.3, 0.4) is 0 Å². The second-order valence-electron chi connectivity index (χ2n) is 7.11. The van der Waals surface area contributed by atoms with Crippen LogP contribution in [0, 0.1) is 11.3 Å². The number of nitrogens with one attached hydrogen (secondary N) is 1. The van der Waals surface area contributed by atoms with Crippen molar-refractivity contribution >= 4 is 0 Å². The summed E-state index contributed by atoms with van der Waals surface area (Å²) in [6.45, 7) is 6.21. The largest absolute Gasteiger partial charge is 0.493 e. The number of fused-ring (bicyclic) bond motifs is 1. The van der Waals surface area contributed by atoms with Crippen molar-refractivity contribution in [3.05, 3.63) is 46.5 Å². The fraction of sp³-hybridized carbons (Fsp3) is 0.368. The molecule has 1 atom stereocenters. The molecule has 0 spiro atoms. The molecule has 3 N–H and O–H groups in total. The Hall–Kier alpha value is -3.14. The second-order valence-corrected chi connectivity index (χ2v) is 7.11. The smallest absolute Gasteiger partial charge is 0.244 e. The predicted molar refractivity (Wildman–Crippen MR) is 96.1 cm³/mol. The molecule has 7 heteroatoms. The topological polar surface area (TPSA) is 106 Å². The molecule has 1 aliphatic heterocycles. The van der Waals surface area contributed by atoms with Gasteiger partial charge in [-0.25, -0.2) is 0 Å². The maximum atomic E-state index is 9.72. The van der Waals surface area contributed by atoms with Crippen molar-refractivity contribution in [3.8, 4) is 23.4 Å². The zero-order chi connectivity index (χ0) is 19.1. The van der Waals surface area contributed by atoms with Crippen LogP contribution in [-0.4, -0.2) is 24.4 Å². The lowest BCUT2D eigenvalue weighted by Gasteiger charge is -2.27. The minimum Gasteiger partial charge on any atom is -0.493 e. The fourth-order valence-electron chi connectivity index (χ4n) is 3.18. The highest BCUT2D eigenvalue weighted by Crippen LogP contribution is 2.46. The van der Waals surface area contributed by atoms with Crippen LogP contribution in [0.25, 0.3) is 0 Å². The molecular formula is C19H22N4O3. The summed E-state index contributed by atoms with van der Waals surface area (Å²) < 4.78 is 16.3. The molecule has 2 aromatic rings. The molecule has 0 saturated heterocycles. The first-order chi connectivity index (χ1) is 12.3. The Labute approximate surface area is 152 Å². The van der Waals surface area contributed by atoms with Gasteiger partial charge >= 0.3 is 0 Å². The molecule has 3 rings (SSSR count). The van der Waals surface area contributed by atoms with Gasteiger partial charge in [-0.1, -0.05) is 26.8 Å². The Morgan fingerprint density at radius 2 is 1.92 bits per heavy atom. The number of hydrogen-bond donors (Lipinski definition) is 2. The number of aromatic amines is 1. The van der Waals surface area contributed by atoms with Gasteiger partial charge < -0.3 is 19.9 Å². The first-order valence-corrected chi connectivity index (χ1v) is 8.20. The number of nitrogens with zero attached hydrogens (tertiary/aromatic N) is 2. The Bertz CT molecular complexity index is 916. The van der Waals surface area contributed by atoms with Gasteiger partial charge in [0.05, 0.1) is 25.7 Å². The second kappa shape index (κ2) is 6.30. The van der Waals surface area contributed by atoms with Gasteiger partial charge in [0.1, 0.15) is 11.6 Å². The van der Waals surface area contributed by atoms with Crippen LogP contribution in [0.5, 0.6) is 17.4 Å². The molecule has 0 amide bonds. The van der Waals surface area contributed by atoms with Gasteiger partial charge in [0.2, 0.25) is 11.8 Å². The third-order valence-corrected chi connectivity index (χ3v) is 4.43. The van der Waals surface area contributed by atoms with E-state index in [1.54, 1.807) is 14.2 Å². The highest BCUT2D eigenvalue weighted by atomic mass is 16.5. The Kier molecular flexibility index (Phi) is 4.28. The number of allylic oxidation sites excluding steroid dienone is 1. The molecule has 1 aliphatic rings. The standard InChI is InChI=1S/C19H22N4O3/c1-19(2,3)16-15-14(10-6-7-12(24-4)13(8-10)25-5)11(9-20)17(21)26-18(15)23-22-16/h6-8,14H,21H2,1-5H3,(H,22,23)/t14-/m0/s1. The first kappa shape index (κ1) is 17.7. The average molecular weight is 354 g/mol. The number of hydrogen-bond acceptors (Lipinski definition) is 6. The van der Waals surface area contributed by atoms with Gasteiger partial charge in [-0.05, 0) is 17.7 Å². The molecule has 0 unspecified atom stereocenters. The van der Waals surface area contributed by atoms with E-state index in [0.717, 1.165) is 16.8 Å². The summed E-state index contributed by atoms with van der Waals surface area (Å²) in [6, 6.07) is 7.75. The lowest BCUT2D eigenvalue weighted by atomic mass is 9.79. The molecule has 0 radical (unpaired) electrons. The van der Waals surface area contributed by atoms with Crippen molar-refractivity contribution in [2.75, 3.05) is 14.2 Å². The number of aromatic nitrogens is 2. The zero-order valence-corrected chi connectivity index (χ0v) is 15.5. The maximum absolute atomic E-state index is 9.72. The van der Waals surface area contributed by atoms with Crippen molar-refractivity contribution in [1.82, 2.24) is 10.2 Å². The van der Waals surface area contributed by atoms with E-state index in [9.17, 15) is 5.26 Å². The Balaban J connectivity index is 2.26. The summed E-state index contributed by atoms with van der Waals surface area (Å²) in [5, 5.41) is 17.0. The summed E-state index contributed by atoms with van der Waals surface area (Å²) >= 11 is 0. The van der Waals surface area contributed by atoms with Gasteiger partial charge in [0.15, 0.2) is 11.5 Å². The highest BCUT2D eigenvalue weighted by Gasteiger charge is 2.38. The lowest BCUT2D eigenvalue weighted by Crippen LogP contribution is -2.23. The van der Waals surface area contributed by atoms with E-state index in [4.69, 9.17) is 19.9 Å². The van der Waals surface area contributed by atoms with E-state index in [1.807, 2.05) is 18.2 Å². The average Bonchev–Trinajstić information content (AvgIpc) is 3.03. The predicted octanol–water partition coefficient (Wildman–Crippen LogP) is 2.94. The van der Waals surface area contributed by atoms with E-state index in [1.165, 1.54) is 0 Å². The molecule has 136 valence electrons. The van der Waals surface area contributed by atoms with E-state index in [-0.39, 0.29) is 11.3 Å². The minimum absolute atomic E-state index is 0.0618. The van der Waals surface area contributed by atoms with Crippen molar-refractivity contribution in [2.45, 2.75) is 32.1 Å². The van der Waals surface area contributed by atoms with Gasteiger partial charge in [-0.2, -0.15) is 5.26 Å². The van der Waals surface area contributed by atoms with Crippen LogP contribution in [0.2, 0.25) is 0 Å². The van der Waals surface area contributed by atoms with E-state index in [0.29, 0.717) is 23.0 Å². The third kappa shape index (κ3) is 2.73. The van der Waals surface area contributed by atoms with Crippen molar-refractivity contribution in [1.29, 1.82) is 5.26 Å². The molecule has 1 aromatic carbocycles. The molecule has 2 heterocycles. The molecule has 7 nitrogen and oxygen atoms in total. The number of ether oxygens (including phenoxy) is 3. The number of methoxy groups -OCH3 is 2. The van der Waals surface area contributed by atoms with Crippen molar-refractivity contribution in [3.63, 3.8) is 0 Å². The first-order valence-electron chi connectivity index (χ1n) is 8.20. The van der Waals surface area contributed by atoms with E-state index in [2.05, 4.69) is 37.0 Å². The van der Waals surface area contributed by atoms with Crippen LogP contribution in [0.4, 0.5) is 0 Å². The molecule has 0 saturated carbocycles. The summed E-state index contributed by atoms with van der Waals surface area (Å²) in [6.07, 6.45) is 0. The summed E-state index contributed by atoms with van der Waals surface area (Å²) in [4.78, 5) is 0. The van der Waals surface area contributed by atoms with E-state index < -0.39 is 5.92 Å². The summed E-state index contributed by atoms with van der Waals surface area (Å²) in [7, 11) is 3.15. The number of nitrogens with two attached hydrogens (primary N) is 1. The van der Waals surface area contributed by atoms with Crippen LogP contribution < -0.4 is 19.9 Å². The summed E-state index contributed by atoms with van der Waals surface area (Å²) in [5.41, 5.74) is 8.69. The van der Waals surface area contributed by atoms with Gasteiger partial charge in [0.25, 0.3) is 0 Å². The molecule has 26 heavy (non-hydrogen) atoms. The monoisotopic (exact) mass is 354 g/mol. The fourth-order valence-corrected chi connectivity index (χ4v) is 3.18. The molecule has 0 aliphatic carbocycles. The van der Waals surface area contributed by atoms with Crippen LogP contribution in [0.1, 0.15) is 43.5 Å². The van der Waals surface area contributed by atoms with Crippen LogP contribution in [-0.2, 0) is 5.41 Å². The molecule has 0 bridgehead atoms. The number of H-pyrrole nitrogens is 1. The normalized spacial score (nSPS) is 16.5. The van der Waals surface area contributed by atoms with Gasteiger partial charge in [-0.15, -0.1) is 5.10 Å².